The molecule has 0 radical (unpaired) electrons. The first-order chi connectivity index (χ1) is 12.4. The van der Waals surface area contributed by atoms with E-state index in [4.69, 9.17) is 21.1 Å². The van der Waals surface area contributed by atoms with Gasteiger partial charge in [-0.15, -0.1) is 0 Å². The molecule has 1 amide bonds. The summed E-state index contributed by atoms with van der Waals surface area (Å²) in [7, 11) is 0. The van der Waals surface area contributed by atoms with E-state index in [0.717, 1.165) is 16.7 Å². The zero-order valence-electron chi connectivity index (χ0n) is 15.0. The highest BCUT2D eigenvalue weighted by Gasteiger charge is 2.18. The predicted octanol–water partition coefficient (Wildman–Crippen LogP) is 3.58. The average molecular weight is 376 g/mol. The van der Waals surface area contributed by atoms with Crippen LogP contribution in [0.1, 0.15) is 23.6 Å². The van der Waals surface area contributed by atoms with Gasteiger partial charge in [-0.2, -0.15) is 0 Å². The lowest BCUT2D eigenvalue weighted by Gasteiger charge is -2.15. The lowest BCUT2D eigenvalue weighted by molar-refractivity contribution is -0.156. The summed E-state index contributed by atoms with van der Waals surface area (Å²) in [4.78, 5) is 24.0. The Balaban J connectivity index is 1.81. The molecule has 0 fully saturated rings. The number of nitrogens with one attached hydrogen (secondary N) is 1. The maximum absolute atomic E-state index is 12.1. The second-order valence-corrected chi connectivity index (χ2v) is 6.36. The van der Waals surface area contributed by atoms with Gasteiger partial charge in [0.1, 0.15) is 5.75 Å². The van der Waals surface area contributed by atoms with Crippen LogP contribution in [0, 0.1) is 13.8 Å². The molecule has 2 aromatic carbocycles. The van der Waals surface area contributed by atoms with Crippen molar-refractivity contribution in [2.45, 2.75) is 33.4 Å². The Morgan fingerprint density at radius 1 is 1.08 bits per heavy atom. The number of rotatable bonds is 7. The van der Waals surface area contributed by atoms with Gasteiger partial charge in [0, 0.05) is 11.6 Å². The molecule has 0 saturated heterocycles. The third-order valence-corrected chi connectivity index (χ3v) is 4.20. The number of amides is 1. The molecule has 138 valence electrons. The molecule has 2 aromatic rings. The van der Waals surface area contributed by atoms with Crippen LogP contribution in [-0.4, -0.2) is 24.6 Å². The van der Waals surface area contributed by atoms with Crippen molar-refractivity contribution in [3.63, 3.8) is 0 Å². The average Bonchev–Trinajstić information content (AvgIpc) is 2.60. The maximum atomic E-state index is 12.1. The summed E-state index contributed by atoms with van der Waals surface area (Å²) in [6, 6.07) is 12.9. The molecule has 6 heteroatoms. The van der Waals surface area contributed by atoms with E-state index in [0.29, 0.717) is 10.8 Å². The molecule has 1 atom stereocenters. The number of carbonyl (C=O) groups is 2. The Hall–Kier alpha value is -2.53. The minimum atomic E-state index is -0.924. The first-order valence-corrected chi connectivity index (χ1v) is 8.66. The standard InChI is InChI=1S/C20H22ClNO4/c1-13-7-6-8-14(2)19(13)25-12-18(23)26-15(3)20(24)22-11-16-9-4-5-10-17(16)21/h4-10,15H,11-12H2,1-3H3,(H,22,24). The van der Waals surface area contributed by atoms with E-state index in [2.05, 4.69) is 5.32 Å². The zero-order valence-corrected chi connectivity index (χ0v) is 15.8. The van der Waals surface area contributed by atoms with Crippen molar-refractivity contribution in [2.24, 2.45) is 0 Å². The van der Waals surface area contributed by atoms with E-state index in [1.807, 2.05) is 50.2 Å². The SMILES string of the molecule is Cc1cccc(C)c1OCC(=O)OC(C)C(=O)NCc1ccccc1Cl. The van der Waals surface area contributed by atoms with Crippen molar-refractivity contribution in [3.8, 4) is 5.75 Å². The minimum Gasteiger partial charge on any atom is -0.481 e. The van der Waals surface area contributed by atoms with Gasteiger partial charge in [0.2, 0.25) is 0 Å². The van der Waals surface area contributed by atoms with Crippen LogP contribution in [0.3, 0.4) is 0 Å². The fourth-order valence-corrected chi connectivity index (χ4v) is 2.61. The van der Waals surface area contributed by atoms with Crippen molar-refractivity contribution in [3.05, 3.63) is 64.2 Å². The van der Waals surface area contributed by atoms with Gasteiger partial charge in [0.25, 0.3) is 5.91 Å². The van der Waals surface area contributed by atoms with Gasteiger partial charge in [0.15, 0.2) is 12.7 Å². The quantitative estimate of drug-likeness (QED) is 0.751. The Morgan fingerprint density at radius 2 is 1.73 bits per heavy atom. The van der Waals surface area contributed by atoms with E-state index in [9.17, 15) is 9.59 Å². The van der Waals surface area contributed by atoms with Crippen molar-refractivity contribution in [2.75, 3.05) is 6.61 Å². The Bertz CT molecular complexity index is 771. The van der Waals surface area contributed by atoms with E-state index >= 15 is 0 Å². The monoisotopic (exact) mass is 375 g/mol. The molecule has 0 aliphatic heterocycles. The summed E-state index contributed by atoms with van der Waals surface area (Å²) < 4.78 is 10.7. The van der Waals surface area contributed by atoms with Crippen LogP contribution < -0.4 is 10.1 Å². The number of ether oxygens (including phenoxy) is 2. The second-order valence-electron chi connectivity index (χ2n) is 5.95. The highest BCUT2D eigenvalue weighted by Crippen LogP contribution is 2.22. The van der Waals surface area contributed by atoms with Crippen LogP contribution in [0.5, 0.6) is 5.75 Å². The van der Waals surface area contributed by atoms with Crippen LogP contribution in [-0.2, 0) is 20.9 Å². The van der Waals surface area contributed by atoms with Gasteiger partial charge in [-0.1, -0.05) is 48.0 Å². The van der Waals surface area contributed by atoms with Gasteiger partial charge >= 0.3 is 5.97 Å². The number of aryl methyl sites for hydroxylation is 2. The number of esters is 1. The summed E-state index contributed by atoms with van der Waals surface area (Å²) in [6.45, 7) is 5.32. The molecule has 26 heavy (non-hydrogen) atoms. The van der Waals surface area contributed by atoms with Crippen molar-refractivity contribution in [1.82, 2.24) is 5.32 Å². The van der Waals surface area contributed by atoms with E-state index < -0.39 is 18.0 Å². The summed E-state index contributed by atoms with van der Waals surface area (Å²) in [5.74, 6) is -0.348. The largest absolute Gasteiger partial charge is 0.481 e. The fourth-order valence-electron chi connectivity index (χ4n) is 2.41. The van der Waals surface area contributed by atoms with Gasteiger partial charge < -0.3 is 14.8 Å². The Kier molecular flexibility index (Phi) is 7.04. The van der Waals surface area contributed by atoms with Crippen molar-refractivity contribution >= 4 is 23.5 Å². The number of hydrogen-bond acceptors (Lipinski definition) is 4. The lowest BCUT2D eigenvalue weighted by atomic mass is 10.1. The second kappa shape index (κ2) is 9.25. The highest BCUT2D eigenvalue weighted by molar-refractivity contribution is 6.31. The topological polar surface area (TPSA) is 64.6 Å². The van der Waals surface area contributed by atoms with Crippen molar-refractivity contribution < 1.29 is 19.1 Å². The molecule has 0 aromatic heterocycles. The first kappa shape index (κ1) is 19.8. The van der Waals surface area contributed by atoms with Crippen LogP contribution >= 0.6 is 11.6 Å². The molecule has 0 aliphatic carbocycles. The Morgan fingerprint density at radius 3 is 2.38 bits per heavy atom. The van der Waals surface area contributed by atoms with E-state index in [-0.39, 0.29) is 13.2 Å². The van der Waals surface area contributed by atoms with Crippen LogP contribution in [0.25, 0.3) is 0 Å². The minimum absolute atomic E-state index is 0.256. The Labute approximate surface area is 158 Å². The third kappa shape index (κ3) is 5.49. The van der Waals surface area contributed by atoms with Gasteiger partial charge in [-0.05, 0) is 43.5 Å². The van der Waals surface area contributed by atoms with Crippen LogP contribution in [0.2, 0.25) is 5.02 Å². The smallest absolute Gasteiger partial charge is 0.344 e. The molecule has 0 spiro atoms. The molecular formula is C20H22ClNO4. The summed E-state index contributed by atoms with van der Waals surface area (Å²) in [5, 5.41) is 3.26. The van der Waals surface area contributed by atoms with Gasteiger partial charge in [0.05, 0.1) is 0 Å². The molecule has 0 heterocycles. The molecule has 0 bridgehead atoms. The predicted molar refractivity (Wildman–Crippen MR) is 100 cm³/mol. The maximum Gasteiger partial charge on any atom is 0.344 e. The number of benzene rings is 2. The van der Waals surface area contributed by atoms with Crippen LogP contribution in [0.15, 0.2) is 42.5 Å². The molecule has 0 saturated carbocycles. The number of hydrogen-bond donors (Lipinski definition) is 1. The normalized spacial score (nSPS) is 11.5. The van der Waals surface area contributed by atoms with E-state index in [1.165, 1.54) is 6.92 Å². The number of carbonyl (C=O) groups excluding carboxylic acids is 2. The number of para-hydroxylation sites is 1. The first-order valence-electron chi connectivity index (χ1n) is 8.28. The fraction of sp³-hybridized carbons (Fsp3) is 0.300. The number of halogens is 1. The zero-order chi connectivity index (χ0) is 19.1. The summed E-state index contributed by atoms with van der Waals surface area (Å²) in [5.41, 5.74) is 2.66. The molecule has 2 rings (SSSR count). The molecule has 1 unspecified atom stereocenters. The molecule has 5 nitrogen and oxygen atoms in total. The van der Waals surface area contributed by atoms with E-state index in [1.54, 1.807) is 6.07 Å². The molecule has 1 N–H and O–H groups in total. The van der Waals surface area contributed by atoms with Crippen LogP contribution in [0.4, 0.5) is 0 Å². The highest BCUT2D eigenvalue weighted by atomic mass is 35.5. The van der Waals surface area contributed by atoms with Gasteiger partial charge in [-0.3, -0.25) is 4.79 Å². The van der Waals surface area contributed by atoms with Crippen molar-refractivity contribution in [1.29, 1.82) is 0 Å². The summed E-state index contributed by atoms with van der Waals surface area (Å²) in [6.07, 6.45) is -0.924. The van der Waals surface area contributed by atoms with Gasteiger partial charge in [-0.25, -0.2) is 4.79 Å². The molecule has 0 aliphatic rings. The lowest BCUT2D eigenvalue weighted by Crippen LogP contribution is -2.36. The summed E-state index contributed by atoms with van der Waals surface area (Å²) >= 11 is 6.04. The third-order valence-electron chi connectivity index (χ3n) is 3.83. The molecular weight excluding hydrogens is 354 g/mol.